The number of sulfonamides is 1. The lowest BCUT2D eigenvalue weighted by Crippen LogP contribution is -2.49. The molecule has 3 aromatic carbocycles. The fraction of sp³-hybridized carbons (Fsp3) is 0.240. The molecule has 0 spiro atoms. The Balaban J connectivity index is 1.50. The molecule has 1 aliphatic heterocycles. The Bertz CT molecular complexity index is 1270. The van der Waals surface area contributed by atoms with E-state index in [1.165, 1.54) is 24.3 Å². The minimum atomic E-state index is -3.85. The summed E-state index contributed by atoms with van der Waals surface area (Å²) in [4.78, 5) is 17.1. The second-order valence-corrected chi connectivity index (χ2v) is 9.84. The SMILES string of the molecule is Cc1ccccc1NS(=O)(=O)c1ccc(C)c(C(=O)N2CCN(c3ccc(F)cc3)CC2)c1. The standard InChI is InChI=1S/C25H26FN3O3S/c1-18-7-12-22(33(31,32)27-24-6-4-3-5-19(24)2)17-23(18)25(30)29-15-13-28(14-16-29)21-10-8-20(26)9-11-21/h3-12,17,27H,13-16H2,1-2H3. The summed E-state index contributed by atoms with van der Waals surface area (Å²) in [6, 6.07) is 18.1. The molecule has 0 bridgehead atoms. The molecule has 4 rings (SSSR count). The van der Waals surface area contributed by atoms with E-state index in [2.05, 4.69) is 9.62 Å². The van der Waals surface area contributed by atoms with Crippen molar-refractivity contribution in [1.82, 2.24) is 4.90 Å². The van der Waals surface area contributed by atoms with Gasteiger partial charge in [0.25, 0.3) is 15.9 Å². The van der Waals surface area contributed by atoms with Gasteiger partial charge in [0, 0.05) is 37.4 Å². The van der Waals surface area contributed by atoms with Gasteiger partial charge in [-0.25, -0.2) is 12.8 Å². The van der Waals surface area contributed by atoms with Gasteiger partial charge in [-0.15, -0.1) is 0 Å². The summed E-state index contributed by atoms with van der Waals surface area (Å²) in [5.74, 6) is -0.478. The molecule has 1 N–H and O–H groups in total. The molecular weight excluding hydrogens is 441 g/mol. The molecule has 33 heavy (non-hydrogen) atoms. The van der Waals surface area contributed by atoms with E-state index in [9.17, 15) is 17.6 Å². The Kier molecular flexibility index (Phi) is 6.37. The minimum Gasteiger partial charge on any atom is -0.368 e. The van der Waals surface area contributed by atoms with E-state index in [0.717, 1.165) is 16.8 Å². The molecule has 8 heteroatoms. The first-order chi connectivity index (χ1) is 15.7. The number of amides is 1. The monoisotopic (exact) mass is 467 g/mol. The Morgan fingerprint density at radius 2 is 1.55 bits per heavy atom. The van der Waals surface area contributed by atoms with Crippen LogP contribution in [-0.2, 0) is 10.0 Å². The molecule has 1 heterocycles. The zero-order chi connectivity index (χ0) is 23.6. The predicted octanol–water partition coefficient (Wildman–Crippen LogP) is 4.21. The number of hydrogen-bond donors (Lipinski definition) is 1. The molecule has 172 valence electrons. The highest BCUT2D eigenvalue weighted by Gasteiger charge is 2.25. The number of hydrogen-bond acceptors (Lipinski definition) is 4. The van der Waals surface area contributed by atoms with E-state index in [4.69, 9.17) is 0 Å². The molecule has 1 amide bonds. The maximum Gasteiger partial charge on any atom is 0.261 e. The smallest absolute Gasteiger partial charge is 0.261 e. The Morgan fingerprint density at radius 1 is 0.879 bits per heavy atom. The van der Waals surface area contributed by atoms with Crippen molar-refractivity contribution >= 4 is 27.3 Å². The molecule has 1 saturated heterocycles. The first-order valence-corrected chi connectivity index (χ1v) is 12.2. The number of benzene rings is 3. The molecule has 6 nitrogen and oxygen atoms in total. The van der Waals surface area contributed by atoms with Gasteiger partial charge in [0.05, 0.1) is 10.6 Å². The van der Waals surface area contributed by atoms with Crippen molar-refractivity contribution in [3.63, 3.8) is 0 Å². The quantitative estimate of drug-likeness (QED) is 0.611. The van der Waals surface area contributed by atoms with Crippen LogP contribution in [0.15, 0.2) is 71.6 Å². The van der Waals surface area contributed by atoms with Crippen LogP contribution in [0.2, 0.25) is 0 Å². The average molecular weight is 468 g/mol. The summed E-state index contributed by atoms with van der Waals surface area (Å²) in [7, 11) is -3.85. The molecule has 3 aromatic rings. The fourth-order valence-electron chi connectivity index (χ4n) is 3.88. The minimum absolute atomic E-state index is 0.0460. The molecule has 0 unspecified atom stereocenters. The molecule has 0 radical (unpaired) electrons. The van der Waals surface area contributed by atoms with Crippen molar-refractivity contribution in [3.05, 3.63) is 89.2 Å². The predicted molar refractivity (Wildman–Crippen MR) is 128 cm³/mol. The van der Waals surface area contributed by atoms with Crippen molar-refractivity contribution in [3.8, 4) is 0 Å². The second-order valence-electron chi connectivity index (χ2n) is 8.15. The van der Waals surface area contributed by atoms with E-state index < -0.39 is 10.0 Å². The molecule has 0 atom stereocenters. The van der Waals surface area contributed by atoms with E-state index in [-0.39, 0.29) is 16.6 Å². The molecule has 0 saturated carbocycles. The molecule has 1 fully saturated rings. The lowest BCUT2D eigenvalue weighted by atomic mass is 10.1. The maximum absolute atomic E-state index is 13.2. The van der Waals surface area contributed by atoms with Gasteiger partial charge in [-0.1, -0.05) is 24.3 Å². The fourth-order valence-corrected chi connectivity index (χ4v) is 5.04. The van der Waals surface area contributed by atoms with Crippen molar-refractivity contribution < 1.29 is 17.6 Å². The highest BCUT2D eigenvalue weighted by atomic mass is 32.2. The summed E-state index contributed by atoms with van der Waals surface area (Å²) in [6.45, 7) is 5.84. The van der Waals surface area contributed by atoms with Crippen LogP contribution in [0, 0.1) is 19.7 Å². The highest BCUT2D eigenvalue weighted by Crippen LogP contribution is 2.23. The topological polar surface area (TPSA) is 69.7 Å². The van der Waals surface area contributed by atoms with Crippen LogP contribution >= 0.6 is 0 Å². The van der Waals surface area contributed by atoms with Crippen molar-refractivity contribution in [2.24, 2.45) is 0 Å². The average Bonchev–Trinajstić information content (AvgIpc) is 2.81. The number of nitrogens with zero attached hydrogens (tertiary/aromatic N) is 2. The Morgan fingerprint density at radius 3 is 2.21 bits per heavy atom. The van der Waals surface area contributed by atoms with E-state index in [0.29, 0.717) is 37.4 Å². The van der Waals surface area contributed by atoms with Crippen LogP contribution in [-0.4, -0.2) is 45.4 Å². The van der Waals surface area contributed by atoms with Crippen LogP contribution in [0.1, 0.15) is 21.5 Å². The lowest BCUT2D eigenvalue weighted by Gasteiger charge is -2.36. The van der Waals surface area contributed by atoms with Gasteiger partial charge in [0.15, 0.2) is 0 Å². The molecule has 1 aliphatic rings. The number of nitrogens with one attached hydrogen (secondary N) is 1. The zero-order valence-electron chi connectivity index (χ0n) is 18.6. The van der Waals surface area contributed by atoms with Gasteiger partial charge < -0.3 is 9.80 Å². The summed E-state index contributed by atoms with van der Waals surface area (Å²) in [5.41, 5.74) is 3.31. The summed E-state index contributed by atoms with van der Waals surface area (Å²) >= 11 is 0. The zero-order valence-corrected chi connectivity index (χ0v) is 19.4. The Labute approximate surface area is 193 Å². The number of halogens is 1. The number of rotatable bonds is 5. The third-order valence-electron chi connectivity index (χ3n) is 5.90. The van der Waals surface area contributed by atoms with Crippen molar-refractivity contribution in [2.45, 2.75) is 18.7 Å². The lowest BCUT2D eigenvalue weighted by molar-refractivity contribution is 0.0746. The van der Waals surface area contributed by atoms with Crippen LogP contribution in [0.3, 0.4) is 0 Å². The van der Waals surface area contributed by atoms with Crippen LogP contribution in [0.25, 0.3) is 0 Å². The maximum atomic E-state index is 13.2. The van der Waals surface area contributed by atoms with Crippen LogP contribution in [0.4, 0.5) is 15.8 Å². The van der Waals surface area contributed by atoms with Gasteiger partial charge in [0.1, 0.15) is 5.82 Å². The Hall–Kier alpha value is -3.39. The van der Waals surface area contributed by atoms with Crippen LogP contribution < -0.4 is 9.62 Å². The first kappa shape index (κ1) is 22.8. The number of aryl methyl sites for hydroxylation is 2. The summed E-state index contributed by atoms with van der Waals surface area (Å²) < 4.78 is 41.7. The number of carbonyl (C=O) groups excluding carboxylic acids is 1. The molecular formula is C25H26FN3O3S. The van der Waals surface area contributed by atoms with E-state index in [1.54, 1.807) is 42.2 Å². The second kappa shape index (κ2) is 9.23. The summed E-state index contributed by atoms with van der Waals surface area (Å²) in [5, 5.41) is 0. The molecule has 0 aliphatic carbocycles. The van der Waals surface area contributed by atoms with Crippen molar-refractivity contribution in [1.29, 1.82) is 0 Å². The summed E-state index contributed by atoms with van der Waals surface area (Å²) in [6.07, 6.45) is 0. The van der Waals surface area contributed by atoms with Crippen molar-refractivity contribution in [2.75, 3.05) is 35.8 Å². The van der Waals surface area contributed by atoms with E-state index in [1.807, 2.05) is 19.1 Å². The third-order valence-corrected chi connectivity index (χ3v) is 7.26. The number of piperazine rings is 1. The first-order valence-electron chi connectivity index (χ1n) is 10.7. The highest BCUT2D eigenvalue weighted by molar-refractivity contribution is 7.92. The third kappa shape index (κ3) is 5.01. The normalized spacial score (nSPS) is 14.3. The number of para-hydroxylation sites is 1. The van der Waals surface area contributed by atoms with Gasteiger partial charge in [-0.2, -0.15) is 0 Å². The van der Waals surface area contributed by atoms with Gasteiger partial charge in [-0.3, -0.25) is 9.52 Å². The van der Waals surface area contributed by atoms with Gasteiger partial charge in [-0.05, 0) is 67.4 Å². The van der Waals surface area contributed by atoms with E-state index >= 15 is 0 Å². The van der Waals surface area contributed by atoms with Crippen LogP contribution in [0.5, 0.6) is 0 Å². The number of anilines is 2. The molecule has 0 aromatic heterocycles. The largest absolute Gasteiger partial charge is 0.368 e. The number of carbonyl (C=O) groups is 1. The van der Waals surface area contributed by atoms with Gasteiger partial charge in [0.2, 0.25) is 0 Å². The van der Waals surface area contributed by atoms with Gasteiger partial charge >= 0.3 is 0 Å².